The molecule has 1 fully saturated rings. The molecule has 1 aromatic carbocycles. The van der Waals surface area contributed by atoms with Gasteiger partial charge in [-0.2, -0.15) is 0 Å². The molecular weight excluding hydrogens is 396 g/mol. The summed E-state index contributed by atoms with van der Waals surface area (Å²) in [5.74, 6) is 0.788. The first-order valence-corrected chi connectivity index (χ1v) is 9.94. The average Bonchev–Trinajstić information content (AvgIpc) is 2.76. The van der Waals surface area contributed by atoms with Crippen molar-refractivity contribution in [3.8, 4) is 17.2 Å². The number of benzene rings is 1. The van der Waals surface area contributed by atoms with Crippen molar-refractivity contribution in [2.45, 2.75) is 50.5 Å². The van der Waals surface area contributed by atoms with Crippen LogP contribution in [0.1, 0.15) is 25.3 Å². The van der Waals surface area contributed by atoms with Crippen LogP contribution in [0, 0.1) is 0 Å². The summed E-state index contributed by atoms with van der Waals surface area (Å²) in [7, 11) is 2.91. The Morgan fingerprint density at radius 1 is 1.03 bits per heavy atom. The molecule has 30 heavy (non-hydrogen) atoms. The summed E-state index contributed by atoms with van der Waals surface area (Å²) in [6.07, 6.45) is -1.17. The summed E-state index contributed by atoms with van der Waals surface area (Å²) >= 11 is 0. The van der Waals surface area contributed by atoms with Crippen molar-refractivity contribution in [3.05, 3.63) is 23.8 Å². The molecule has 1 heterocycles. The minimum absolute atomic E-state index is 0.153. The lowest BCUT2D eigenvalue weighted by molar-refractivity contribution is -0.277. The maximum absolute atomic E-state index is 10.2. The second-order valence-electron chi connectivity index (χ2n) is 6.90. The molecule has 1 aliphatic heterocycles. The lowest BCUT2D eigenvalue weighted by atomic mass is 9.99. The molecule has 2 rings (SSSR count). The third-order valence-corrected chi connectivity index (χ3v) is 4.73. The summed E-state index contributed by atoms with van der Waals surface area (Å²) in [4.78, 5) is 0. The van der Waals surface area contributed by atoms with Crippen LogP contribution in [0.15, 0.2) is 18.2 Å². The van der Waals surface area contributed by atoms with Gasteiger partial charge >= 0.3 is 0 Å². The van der Waals surface area contributed by atoms with Crippen LogP contribution in [0.3, 0.4) is 0 Å². The zero-order valence-electron chi connectivity index (χ0n) is 17.6. The Morgan fingerprint density at radius 3 is 2.27 bits per heavy atom. The van der Waals surface area contributed by atoms with Crippen molar-refractivity contribution >= 4 is 6.08 Å². The third kappa shape index (κ3) is 6.07. The topological polar surface area (TPSA) is 127 Å². The Bertz CT molecular complexity index is 651. The van der Waals surface area contributed by atoms with Gasteiger partial charge in [0.05, 0.1) is 27.4 Å². The zero-order chi connectivity index (χ0) is 22.1. The molecule has 0 spiro atoms. The highest BCUT2D eigenvalue weighted by atomic mass is 16.7. The van der Waals surface area contributed by atoms with E-state index in [1.807, 2.05) is 12.2 Å². The first kappa shape index (κ1) is 24.4. The van der Waals surface area contributed by atoms with Crippen LogP contribution < -0.4 is 14.2 Å². The molecule has 0 radical (unpaired) electrons. The van der Waals surface area contributed by atoms with Gasteiger partial charge in [0, 0.05) is 6.61 Å². The lowest BCUT2D eigenvalue weighted by Gasteiger charge is -2.39. The molecule has 170 valence electrons. The molecule has 9 heteroatoms. The number of ether oxygens (including phenoxy) is 5. The SMILES string of the molecule is CCCCOC/C=C/c1cc(OC)c(O[C@@H]2O[C@H](CO)[C@@H](O)[C@H](O)[C@H]2O)c(OC)c1. The van der Waals surface area contributed by atoms with E-state index in [9.17, 15) is 20.4 Å². The van der Waals surface area contributed by atoms with Gasteiger partial charge in [0.25, 0.3) is 0 Å². The smallest absolute Gasteiger partial charge is 0.229 e. The maximum atomic E-state index is 10.2. The number of unbranched alkanes of at least 4 members (excludes halogenated alkanes) is 1. The molecule has 0 bridgehead atoms. The molecule has 0 unspecified atom stereocenters. The standard InChI is InChI=1S/C21H32O9/c1-4-5-8-28-9-6-7-13-10-14(26-2)20(15(11-13)27-3)30-21-19(25)18(24)17(23)16(12-22)29-21/h6-7,10-11,16-19,21-25H,4-5,8-9,12H2,1-3H3/b7-6+/t16-,17-,18+,19-,21+/m1/s1. The minimum Gasteiger partial charge on any atom is -0.493 e. The summed E-state index contributed by atoms with van der Waals surface area (Å²) in [6.45, 7) is 2.74. The van der Waals surface area contributed by atoms with Gasteiger partial charge in [-0.05, 0) is 24.1 Å². The number of rotatable bonds is 11. The van der Waals surface area contributed by atoms with Crippen LogP contribution in [0.2, 0.25) is 0 Å². The van der Waals surface area contributed by atoms with E-state index in [-0.39, 0.29) is 5.75 Å². The van der Waals surface area contributed by atoms with E-state index < -0.39 is 37.3 Å². The van der Waals surface area contributed by atoms with Crippen molar-refractivity contribution in [2.75, 3.05) is 34.0 Å². The van der Waals surface area contributed by atoms with E-state index in [2.05, 4.69) is 6.92 Å². The fourth-order valence-corrected chi connectivity index (χ4v) is 2.98. The summed E-state index contributed by atoms with van der Waals surface area (Å²) < 4.78 is 27.4. The average molecular weight is 428 g/mol. The molecule has 5 atom stereocenters. The van der Waals surface area contributed by atoms with Crippen LogP contribution in [0.4, 0.5) is 0 Å². The van der Waals surface area contributed by atoms with Crippen molar-refractivity contribution in [1.82, 2.24) is 0 Å². The molecular formula is C21H32O9. The van der Waals surface area contributed by atoms with Gasteiger partial charge in [0.1, 0.15) is 24.4 Å². The number of methoxy groups -OCH3 is 2. The minimum atomic E-state index is -1.55. The van der Waals surface area contributed by atoms with Gasteiger partial charge in [-0.25, -0.2) is 0 Å². The summed E-state index contributed by atoms with van der Waals surface area (Å²) in [5, 5.41) is 39.4. The van der Waals surface area contributed by atoms with Crippen molar-refractivity contribution in [1.29, 1.82) is 0 Å². The van der Waals surface area contributed by atoms with Gasteiger partial charge in [-0.15, -0.1) is 0 Å². The molecule has 0 aliphatic carbocycles. The second kappa shape index (κ2) is 12.1. The molecule has 0 amide bonds. The molecule has 1 aliphatic rings. The number of hydrogen-bond donors (Lipinski definition) is 4. The second-order valence-corrected chi connectivity index (χ2v) is 6.90. The highest BCUT2D eigenvalue weighted by Crippen LogP contribution is 2.40. The fraction of sp³-hybridized carbons (Fsp3) is 0.619. The Labute approximate surface area is 176 Å². The molecule has 0 aromatic heterocycles. The Morgan fingerprint density at radius 2 is 1.70 bits per heavy atom. The normalized spacial score (nSPS) is 26.7. The van der Waals surface area contributed by atoms with E-state index >= 15 is 0 Å². The van der Waals surface area contributed by atoms with E-state index in [1.165, 1.54) is 14.2 Å². The number of hydrogen-bond acceptors (Lipinski definition) is 9. The highest BCUT2D eigenvalue weighted by molar-refractivity contribution is 5.62. The number of aliphatic hydroxyl groups excluding tert-OH is 4. The van der Waals surface area contributed by atoms with Crippen molar-refractivity contribution < 1.29 is 44.1 Å². The first-order valence-electron chi connectivity index (χ1n) is 9.94. The van der Waals surface area contributed by atoms with E-state index in [4.69, 9.17) is 23.7 Å². The van der Waals surface area contributed by atoms with E-state index in [0.717, 1.165) is 18.4 Å². The van der Waals surface area contributed by atoms with Gasteiger partial charge in [0.15, 0.2) is 11.5 Å². The largest absolute Gasteiger partial charge is 0.493 e. The van der Waals surface area contributed by atoms with E-state index in [0.29, 0.717) is 24.7 Å². The first-order chi connectivity index (χ1) is 14.5. The Balaban J connectivity index is 2.18. The van der Waals surface area contributed by atoms with Crippen LogP contribution in [-0.4, -0.2) is 85.2 Å². The fourth-order valence-electron chi connectivity index (χ4n) is 2.98. The van der Waals surface area contributed by atoms with E-state index in [1.54, 1.807) is 12.1 Å². The van der Waals surface area contributed by atoms with Crippen LogP contribution >= 0.6 is 0 Å². The number of aliphatic hydroxyl groups is 4. The monoisotopic (exact) mass is 428 g/mol. The third-order valence-electron chi connectivity index (χ3n) is 4.73. The highest BCUT2D eigenvalue weighted by Gasteiger charge is 2.45. The van der Waals surface area contributed by atoms with Crippen LogP contribution in [-0.2, 0) is 9.47 Å². The summed E-state index contributed by atoms with van der Waals surface area (Å²) in [6, 6.07) is 3.43. The maximum Gasteiger partial charge on any atom is 0.229 e. The molecule has 1 saturated heterocycles. The van der Waals surface area contributed by atoms with Crippen LogP contribution in [0.25, 0.3) is 6.08 Å². The van der Waals surface area contributed by atoms with Crippen molar-refractivity contribution in [3.63, 3.8) is 0 Å². The van der Waals surface area contributed by atoms with Crippen molar-refractivity contribution in [2.24, 2.45) is 0 Å². The zero-order valence-corrected chi connectivity index (χ0v) is 17.6. The molecule has 1 aromatic rings. The van der Waals surface area contributed by atoms with Crippen LogP contribution in [0.5, 0.6) is 17.2 Å². The van der Waals surface area contributed by atoms with Gasteiger partial charge in [-0.1, -0.05) is 25.5 Å². The Kier molecular flexibility index (Phi) is 9.83. The summed E-state index contributed by atoms with van der Waals surface area (Å²) in [5.41, 5.74) is 0.781. The predicted octanol–water partition coefficient (Wildman–Crippen LogP) is 0.712. The Hall–Kier alpha value is -1.88. The quantitative estimate of drug-likeness (QED) is 0.377. The van der Waals surface area contributed by atoms with Gasteiger partial charge in [0.2, 0.25) is 12.0 Å². The molecule has 9 nitrogen and oxygen atoms in total. The molecule has 0 saturated carbocycles. The molecule has 4 N–H and O–H groups in total. The lowest BCUT2D eigenvalue weighted by Crippen LogP contribution is -2.60. The van der Waals surface area contributed by atoms with Gasteiger partial charge in [-0.3, -0.25) is 0 Å². The van der Waals surface area contributed by atoms with Gasteiger partial charge < -0.3 is 44.1 Å². The predicted molar refractivity (Wildman–Crippen MR) is 109 cm³/mol.